The van der Waals surface area contributed by atoms with E-state index < -0.39 is 0 Å². The molecule has 1 aliphatic rings. The Morgan fingerprint density at radius 1 is 1.09 bits per heavy atom. The molecule has 1 aliphatic heterocycles. The van der Waals surface area contributed by atoms with Crippen LogP contribution in [0.5, 0.6) is 0 Å². The van der Waals surface area contributed by atoms with Gasteiger partial charge in [-0.05, 0) is 20.8 Å². The lowest BCUT2D eigenvalue weighted by molar-refractivity contribution is 0.0746. The van der Waals surface area contributed by atoms with Crippen molar-refractivity contribution in [1.82, 2.24) is 24.6 Å². The number of amides is 1. The van der Waals surface area contributed by atoms with Crippen LogP contribution in [0.3, 0.4) is 0 Å². The summed E-state index contributed by atoms with van der Waals surface area (Å²) in [4.78, 5) is 25.0. The third-order valence-electron chi connectivity index (χ3n) is 3.96. The van der Waals surface area contributed by atoms with Gasteiger partial charge in [0.25, 0.3) is 5.91 Å². The van der Waals surface area contributed by atoms with Crippen molar-refractivity contribution in [3.63, 3.8) is 0 Å². The molecule has 122 valence electrons. The Balaban J connectivity index is 1.63. The summed E-state index contributed by atoms with van der Waals surface area (Å²) in [5.74, 6) is 0.902. The summed E-state index contributed by atoms with van der Waals surface area (Å²) in [5, 5.41) is 4.31. The number of rotatable bonds is 2. The van der Waals surface area contributed by atoms with Gasteiger partial charge in [-0.1, -0.05) is 0 Å². The Labute approximate surface area is 135 Å². The molecule has 0 bridgehead atoms. The van der Waals surface area contributed by atoms with Crippen LogP contribution in [-0.2, 0) is 5.54 Å². The molecular formula is C16H22N6O. The summed E-state index contributed by atoms with van der Waals surface area (Å²) >= 11 is 0. The van der Waals surface area contributed by atoms with Crippen molar-refractivity contribution < 1.29 is 4.79 Å². The van der Waals surface area contributed by atoms with Crippen LogP contribution in [0.2, 0.25) is 0 Å². The van der Waals surface area contributed by atoms with Gasteiger partial charge in [0.15, 0.2) is 0 Å². The lowest BCUT2D eigenvalue weighted by Gasteiger charge is -2.35. The van der Waals surface area contributed by atoms with Crippen LogP contribution in [-0.4, -0.2) is 56.7 Å². The fraction of sp³-hybridized carbons (Fsp3) is 0.500. The van der Waals surface area contributed by atoms with Gasteiger partial charge in [-0.3, -0.25) is 14.5 Å². The molecule has 0 saturated carbocycles. The molecule has 1 fully saturated rings. The molecule has 1 saturated heterocycles. The van der Waals surface area contributed by atoms with E-state index in [1.807, 2.05) is 15.8 Å². The Morgan fingerprint density at radius 3 is 2.39 bits per heavy atom. The predicted molar refractivity (Wildman–Crippen MR) is 87.4 cm³/mol. The molecule has 7 heteroatoms. The topological polar surface area (TPSA) is 67.2 Å². The summed E-state index contributed by atoms with van der Waals surface area (Å²) in [6.07, 6.45) is 8.59. The first-order valence-electron chi connectivity index (χ1n) is 7.80. The van der Waals surface area contributed by atoms with Crippen LogP contribution >= 0.6 is 0 Å². The number of nitrogens with zero attached hydrogens (tertiary/aromatic N) is 6. The second kappa shape index (κ2) is 5.98. The number of hydrogen-bond donors (Lipinski definition) is 0. The SMILES string of the molecule is CC(C)(C)n1cc(C(=O)N2CCN(c3cnccn3)CC2)cn1. The number of anilines is 1. The van der Waals surface area contributed by atoms with Gasteiger partial charge in [-0.25, -0.2) is 4.98 Å². The zero-order chi connectivity index (χ0) is 16.4. The van der Waals surface area contributed by atoms with Crippen LogP contribution in [0, 0.1) is 0 Å². The van der Waals surface area contributed by atoms with E-state index in [-0.39, 0.29) is 11.4 Å². The van der Waals surface area contributed by atoms with E-state index in [9.17, 15) is 4.79 Å². The number of carbonyl (C=O) groups excluding carboxylic acids is 1. The molecule has 7 nitrogen and oxygen atoms in total. The van der Waals surface area contributed by atoms with Crippen molar-refractivity contribution in [3.05, 3.63) is 36.5 Å². The average molecular weight is 314 g/mol. The lowest BCUT2D eigenvalue weighted by Crippen LogP contribution is -2.49. The minimum Gasteiger partial charge on any atom is -0.352 e. The lowest BCUT2D eigenvalue weighted by atomic mass is 10.1. The van der Waals surface area contributed by atoms with Gasteiger partial charge in [0.1, 0.15) is 5.82 Å². The maximum atomic E-state index is 12.6. The first-order chi connectivity index (χ1) is 10.9. The van der Waals surface area contributed by atoms with E-state index in [1.165, 1.54) is 0 Å². The molecule has 2 aromatic rings. The summed E-state index contributed by atoms with van der Waals surface area (Å²) < 4.78 is 1.83. The number of piperazine rings is 1. The summed E-state index contributed by atoms with van der Waals surface area (Å²) in [7, 11) is 0. The molecule has 0 aliphatic carbocycles. The van der Waals surface area contributed by atoms with Crippen LogP contribution in [0.1, 0.15) is 31.1 Å². The van der Waals surface area contributed by atoms with Crippen molar-refractivity contribution >= 4 is 11.7 Å². The van der Waals surface area contributed by atoms with Crippen molar-refractivity contribution in [3.8, 4) is 0 Å². The van der Waals surface area contributed by atoms with Crippen LogP contribution < -0.4 is 4.90 Å². The second-order valence-corrected chi connectivity index (χ2v) is 6.69. The number of hydrogen-bond acceptors (Lipinski definition) is 5. The summed E-state index contributed by atoms with van der Waals surface area (Å²) in [6.45, 7) is 9.07. The van der Waals surface area contributed by atoms with E-state index in [4.69, 9.17) is 0 Å². The normalized spacial score (nSPS) is 15.8. The maximum Gasteiger partial charge on any atom is 0.257 e. The van der Waals surface area contributed by atoms with E-state index in [1.54, 1.807) is 24.8 Å². The van der Waals surface area contributed by atoms with Gasteiger partial charge < -0.3 is 9.80 Å². The highest BCUT2D eigenvalue weighted by Crippen LogP contribution is 2.16. The summed E-state index contributed by atoms with van der Waals surface area (Å²) in [5.41, 5.74) is 0.524. The molecule has 3 heterocycles. The molecular weight excluding hydrogens is 292 g/mol. The highest BCUT2D eigenvalue weighted by molar-refractivity contribution is 5.93. The van der Waals surface area contributed by atoms with Crippen LogP contribution in [0.4, 0.5) is 5.82 Å². The third kappa shape index (κ3) is 3.33. The molecule has 0 N–H and O–H groups in total. The van der Waals surface area contributed by atoms with Crippen LogP contribution in [0.25, 0.3) is 0 Å². The van der Waals surface area contributed by atoms with Gasteiger partial charge >= 0.3 is 0 Å². The fourth-order valence-electron chi connectivity index (χ4n) is 2.58. The van der Waals surface area contributed by atoms with E-state index in [2.05, 4.69) is 40.7 Å². The van der Waals surface area contributed by atoms with Gasteiger partial charge in [0.2, 0.25) is 0 Å². The first-order valence-corrected chi connectivity index (χ1v) is 7.80. The molecule has 0 atom stereocenters. The van der Waals surface area contributed by atoms with Gasteiger partial charge in [0.05, 0.1) is 23.5 Å². The number of aromatic nitrogens is 4. The van der Waals surface area contributed by atoms with E-state index >= 15 is 0 Å². The average Bonchev–Trinajstić information content (AvgIpc) is 3.05. The fourth-order valence-corrected chi connectivity index (χ4v) is 2.58. The predicted octanol–water partition coefficient (Wildman–Crippen LogP) is 1.39. The minimum absolute atomic E-state index is 0.0410. The smallest absolute Gasteiger partial charge is 0.257 e. The Kier molecular flexibility index (Phi) is 4.02. The zero-order valence-corrected chi connectivity index (χ0v) is 13.8. The van der Waals surface area contributed by atoms with Crippen molar-refractivity contribution in [2.45, 2.75) is 26.3 Å². The van der Waals surface area contributed by atoms with Crippen LogP contribution in [0.15, 0.2) is 31.0 Å². The quantitative estimate of drug-likeness (QED) is 0.838. The minimum atomic E-state index is -0.122. The molecule has 23 heavy (non-hydrogen) atoms. The number of carbonyl (C=O) groups is 1. The van der Waals surface area contributed by atoms with Gasteiger partial charge in [-0.15, -0.1) is 0 Å². The Hall–Kier alpha value is -2.44. The molecule has 0 spiro atoms. The largest absolute Gasteiger partial charge is 0.352 e. The molecule has 3 rings (SSSR count). The highest BCUT2D eigenvalue weighted by atomic mass is 16.2. The van der Waals surface area contributed by atoms with Crippen molar-refractivity contribution in [1.29, 1.82) is 0 Å². The maximum absolute atomic E-state index is 12.6. The monoisotopic (exact) mass is 314 g/mol. The second-order valence-electron chi connectivity index (χ2n) is 6.69. The molecule has 1 amide bonds. The Bertz CT molecular complexity index is 667. The standard InChI is InChI=1S/C16H22N6O/c1-16(2,3)22-12-13(10-19-22)15(23)21-8-6-20(7-9-21)14-11-17-4-5-18-14/h4-5,10-12H,6-9H2,1-3H3. The molecule has 0 aromatic carbocycles. The van der Waals surface area contributed by atoms with Gasteiger partial charge in [-0.2, -0.15) is 5.10 Å². The molecule has 0 radical (unpaired) electrons. The van der Waals surface area contributed by atoms with Gasteiger partial charge in [0, 0.05) is 44.8 Å². The van der Waals surface area contributed by atoms with Crippen molar-refractivity contribution in [2.75, 3.05) is 31.1 Å². The summed E-state index contributed by atoms with van der Waals surface area (Å²) in [6, 6.07) is 0. The first kappa shape index (κ1) is 15.5. The van der Waals surface area contributed by atoms with E-state index in [0.29, 0.717) is 18.7 Å². The zero-order valence-electron chi connectivity index (χ0n) is 13.8. The molecule has 2 aromatic heterocycles. The van der Waals surface area contributed by atoms with Crippen molar-refractivity contribution in [2.24, 2.45) is 0 Å². The Morgan fingerprint density at radius 2 is 1.83 bits per heavy atom. The highest BCUT2D eigenvalue weighted by Gasteiger charge is 2.25. The molecule has 0 unspecified atom stereocenters. The third-order valence-corrected chi connectivity index (χ3v) is 3.96. The van der Waals surface area contributed by atoms with E-state index in [0.717, 1.165) is 18.9 Å².